The van der Waals surface area contributed by atoms with Crippen LogP contribution >= 0.6 is 0 Å². The smallest absolute Gasteiger partial charge is 0.412 e. The first kappa shape index (κ1) is 43.2. The predicted molar refractivity (Wildman–Crippen MR) is 163 cm³/mol. The van der Waals surface area contributed by atoms with Gasteiger partial charge in [0.15, 0.2) is 23.0 Å². The Kier molecular flexibility index (Phi) is 28.0. The summed E-state index contributed by atoms with van der Waals surface area (Å²) < 4.78 is 36.2. The maximum absolute atomic E-state index is 10.8. The van der Waals surface area contributed by atoms with E-state index < -0.39 is 11.9 Å². The van der Waals surface area contributed by atoms with Crippen molar-refractivity contribution >= 4 is 54.2 Å². The van der Waals surface area contributed by atoms with Gasteiger partial charge >= 0.3 is 99.7 Å². The maximum atomic E-state index is 10.8. The summed E-state index contributed by atoms with van der Waals surface area (Å²) in [6, 6.07) is 5.51. The van der Waals surface area contributed by atoms with Gasteiger partial charge in [-0.3, -0.25) is 0 Å². The predicted octanol–water partition coefficient (Wildman–Crippen LogP) is 5.13. The molecule has 2 aromatic rings. The number of benzene rings is 2. The largest absolute Gasteiger partial charge is 0.412 e. The summed E-state index contributed by atoms with van der Waals surface area (Å²) in [7, 11) is 8.65. The van der Waals surface area contributed by atoms with Crippen LogP contribution in [0.1, 0.15) is 48.4 Å². The standard InChI is InChI=1S/2C10H12O5.4C2H5.H2O.2Sn/c2*1-13-7-4-6(10(11)12)5-8(14-2)9(7)15-3;4*1-2;;;/h2*4-5H,1-3H3,(H,11,12);4*1H2,2H3;1H2;;. The summed E-state index contributed by atoms with van der Waals surface area (Å²) >= 11 is 0.436. The van der Waals surface area contributed by atoms with Gasteiger partial charge < -0.3 is 44.1 Å². The summed E-state index contributed by atoms with van der Waals surface area (Å²) in [5.74, 6) is -0.0227. The molecule has 2 rings (SSSR count). The Balaban J connectivity index is -0.000000523. The number of carboxylic acids is 2. The van der Waals surface area contributed by atoms with Crippen molar-refractivity contribution in [3.8, 4) is 34.5 Å². The Morgan fingerprint density at radius 1 is 0.537 bits per heavy atom. The van der Waals surface area contributed by atoms with E-state index in [9.17, 15) is 9.59 Å². The molecule has 0 aliphatic carbocycles. The summed E-state index contributed by atoms with van der Waals surface area (Å²) in [5, 5.41) is 17.7. The molecule has 0 amide bonds. The van der Waals surface area contributed by atoms with Crippen LogP contribution in [-0.2, 0) is 0 Å². The van der Waals surface area contributed by atoms with Gasteiger partial charge in [0.2, 0.25) is 11.5 Å². The first-order chi connectivity index (χ1) is 19.1. The fourth-order valence-electron chi connectivity index (χ4n) is 2.91. The molecule has 4 N–H and O–H groups in total. The second kappa shape index (κ2) is 26.6. The van der Waals surface area contributed by atoms with E-state index in [0.29, 0.717) is 34.5 Å². The zero-order chi connectivity index (χ0) is 31.1. The molecule has 232 valence electrons. The number of rotatable bonds is 12. The number of aromatic carboxylic acids is 2. The van der Waals surface area contributed by atoms with Crippen molar-refractivity contribution in [1.29, 1.82) is 0 Å². The van der Waals surface area contributed by atoms with Crippen LogP contribution in [0.15, 0.2) is 24.3 Å². The fraction of sp³-hybridized carbons (Fsp3) is 0.500. The first-order valence-corrected chi connectivity index (χ1v) is 20.7. The molecular weight excluding hydrogens is 750 g/mol. The minimum absolute atomic E-state index is 0. The van der Waals surface area contributed by atoms with Gasteiger partial charge in [-0.05, 0) is 24.3 Å². The number of carbonyl (C=O) groups is 2. The van der Waals surface area contributed by atoms with Crippen LogP contribution in [0.3, 0.4) is 0 Å². The minimum atomic E-state index is -1.05. The Morgan fingerprint density at radius 2 is 0.756 bits per heavy atom. The van der Waals surface area contributed by atoms with Gasteiger partial charge in [0.05, 0.1) is 53.8 Å². The van der Waals surface area contributed by atoms with Gasteiger partial charge in [0.25, 0.3) is 0 Å². The van der Waals surface area contributed by atoms with Crippen LogP contribution in [0.4, 0.5) is 0 Å². The van der Waals surface area contributed by atoms with E-state index in [4.69, 9.17) is 38.6 Å². The monoisotopic (exact) mass is 798 g/mol. The topological polar surface area (TPSA) is 161 Å². The second-order valence-electron chi connectivity index (χ2n) is 7.35. The average molecular weight is 796 g/mol. The Morgan fingerprint density at radius 3 is 0.854 bits per heavy atom. The zero-order valence-corrected chi connectivity index (χ0v) is 31.5. The summed E-state index contributed by atoms with van der Waals surface area (Å²) in [6.45, 7) is 9.15. The van der Waals surface area contributed by atoms with Crippen LogP contribution in [-0.4, -0.2) is 113 Å². The SMILES string of the molecule is COc1cc(C(=O)O)cc(OC)c1OC.COc1cc(C(=O)O)cc(OC)c1OC.C[CH2][Sn][CH2]C.C[CH2][Sn][CH2]C.O. The average Bonchev–Trinajstić information content (AvgIpc) is 2.97. The molecule has 0 aliphatic heterocycles. The molecule has 4 radical (unpaired) electrons. The molecule has 0 aliphatic rings. The molecule has 0 heterocycles. The Bertz CT molecular complexity index is 867. The molecule has 0 bridgehead atoms. The van der Waals surface area contributed by atoms with Crippen LogP contribution in [0, 0.1) is 0 Å². The van der Waals surface area contributed by atoms with E-state index in [2.05, 4.69) is 27.7 Å². The first-order valence-electron chi connectivity index (χ1n) is 12.6. The van der Waals surface area contributed by atoms with E-state index >= 15 is 0 Å². The molecule has 0 unspecified atom stereocenters. The summed E-state index contributed by atoms with van der Waals surface area (Å²) in [4.78, 5) is 21.6. The van der Waals surface area contributed by atoms with Gasteiger partial charge in [-0.25, -0.2) is 9.59 Å². The molecule has 0 aromatic heterocycles. The van der Waals surface area contributed by atoms with Crippen LogP contribution in [0.2, 0.25) is 17.7 Å². The van der Waals surface area contributed by atoms with Gasteiger partial charge in [0.1, 0.15) is 0 Å². The normalized spacial score (nSPS) is 9.02. The third-order valence-corrected chi connectivity index (χ3v) is 10.5. The zero-order valence-electron chi connectivity index (χ0n) is 25.8. The minimum Gasteiger partial charge on any atom is -0.412 e. The van der Waals surface area contributed by atoms with Gasteiger partial charge in [-0.15, -0.1) is 0 Å². The van der Waals surface area contributed by atoms with Gasteiger partial charge in [-0.2, -0.15) is 0 Å². The summed E-state index contributed by atoms with van der Waals surface area (Å²) in [5.41, 5.74) is 0.175. The van der Waals surface area contributed by atoms with Crippen molar-refractivity contribution < 1.29 is 53.7 Å². The molecule has 0 atom stereocenters. The van der Waals surface area contributed by atoms with Crippen molar-refractivity contribution in [2.75, 3.05) is 42.7 Å². The van der Waals surface area contributed by atoms with Crippen molar-refractivity contribution in [2.45, 2.75) is 45.4 Å². The van der Waals surface area contributed by atoms with E-state index in [1.165, 1.54) is 84.7 Å². The molecule has 0 saturated heterocycles. The van der Waals surface area contributed by atoms with Gasteiger partial charge in [-0.1, -0.05) is 0 Å². The fourth-order valence-corrected chi connectivity index (χ4v) is 5.76. The van der Waals surface area contributed by atoms with Crippen molar-refractivity contribution in [3.63, 3.8) is 0 Å². The Labute approximate surface area is 264 Å². The molecular formula is C28H46O11Sn2. The van der Waals surface area contributed by atoms with E-state index in [-0.39, 0.29) is 58.9 Å². The van der Waals surface area contributed by atoms with Gasteiger partial charge in [0, 0.05) is 0 Å². The van der Waals surface area contributed by atoms with Crippen LogP contribution in [0.5, 0.6) is 34.5 Å². The second-order valence-corrected chi connectivity index (χ2v) is 18.3. The quantitative estimate of drug-likeness (QED) is 0.276. The van der Waals surface area contributed by atoms with E-state index in [0.717, 1.165) is 0 Å². The number of hydrogen-bond acceptors (Lipinski definition) is 8. The number of hydrogen-bond donors (Lipinski definition) is 2. The molecule has 41 heavy (non-hydrogen) atoms. The number of ether oxygens (including phenoxy) is 6. The van der Waals surface area contributed by atoms with E-state index in [1.807, 2.05) is 0 Å². The third-order valence-electron chi connectivity index (χ3n) is 4.82. The van der Waals surface area contributed by atoms with Crippen LogP contribution in [0.25, 0.3) is 0 Å². The van der Waals surface area contributed by atoms with Crippen molar-refractivity contribution in [2.24, 2.45) is 0 Å². The molecule has 2 aromatic carbocycles. The number of methoxy groups -OCH3 is 6. The van der Waals surface area contributed by atoms with Crippen molar-refractivity contribution in [3.05, 3.63) is 35.4 Å². The third kappa shape index (κ3) is 16.7. The molecule has 11 nitrogen and oxygen atoms in total. The van der Waals surface area contributed by atoms with Crippen LogP contribution < -0.4 is 28.4 Å². The summed E-state index contributed by atoms with van der Waals surface area (Å²) in [6.07, 6.45) is 0. The molecule has 0 saturated carbocycles. The number of carboxylic acid groups (broad SMARTS) is 2. The molecule has 13 heteroatoms. The van der Waals surface area contributed by atoms with E-state index in [1.54, 1.807) is 0 Å². The maximum Gasteiger partial charge on any atom is -0.412 e. The molecule has 0 spiro atoms. The Hall–Kier alpha value is -2.26. The van der Waals surface area contributed by atoms with Crippen molar-refractivity contribution in [1.82, 2.24) is 0 Å². The molecule has 0 fully saturated rings.